The van der Waals surface area contributed by atoms with Gasteiger partial charge in [-0.15, -0.1) is 5.73 Å². The van der Waals surface area contributed by atoms with Gasteiger partial charge in [-0.2, -0.15) is 0 Å². The Balaban J connectivity index is 3.52. The Bertz CT molecular complexity index is 77.9. The molecule has 0 aromatic rings. The molecule has 0 fully saturated rings. The van der Waals surface area contributed by atoms with Crippen LogP contribution in [0.1, 0.15) is 13.3 Å². The van der Waals surface area contributed by atoms with Crippen molar-refractivity contribution in [2.45, 2.75) is 13.3 Å². The maximum absolute atomic E-state index is 3.46. The molecule has 0 amide bonds. The largest absolute Gasteiger partial charge is 0.119 e. The minimum absolute atomic E-state index is 1.06. The predicted molar refractivity (Wildman–Crippen MR) is 37.0 cm³/mol. The number of allylic oxidation sites excluding steroid dienone is 1. The molecule has 6 heavy (non-hydrogen) atoms. The fraction of sp³-hybridized carbons (Fsp3) is 0.400. The highest BCUT2D eigenvalue weighted by Crippen LogP contribution is 2.05. The molecule has 0 atom stereocenters. The minimum atomic E-state index is 1.06. The molecule has 0 heterocycles. The van der Waals surface area contributed by atoms with E-state index >= 15 is 0 Å². The first kappa shape index (κ1) is 6.25. The molecule has 0 saturated carbocycles. The van der Waals surface area contributed by atoms with Crippen LogP contribution in [0.3, 0.4) is 0 Å². The molecule has 0 unspecified atom stereocenters. The predicted octanol–water partition coefficient (Wildman–Crippen LogP) is 2.50. The molecule has 0 aliphatic heterocycles. The summed E-state index contributed by atoms with van der Waals surface area (Å²) in [4.78, 5) is 0. The van der Waals surface area contributed by atoms with Crippen LogP contribution in [0.15, 0.2) is 15.9 Å². The van der Waals surface area contributed by atoms with Gasteiger partial charge in [0.25, 0.3) is 0 Å². The van der Waals surface area contributed by atoms with E-state index in [1.54, 1.807) is 0 Å². The lowest BCUT2D eigenvalue weighted by Gasteiger charge is -1.77. The van der Waals surface area contributed by atoms with Crippen LogP contribution in [-0.2, 0) is 0 Å². The van der Waals surface area contributed by atoms with Crippen LogP contribution in [0.5, 0.6) is 0 Å². The molecule has 0 aromatic carbocycles. The van der Waals surface area contributed by atoms with Crippen LogP contribution in [0.2, 0.25) is 0 Å². The maximum Gasteiger partial charge on any atom is 0.0314 e. The molecule has 0 spiro atoms. The first-order valence-corrected chi connectivity index (χ1v) is 2.93. The second-order valence-electron chi connectivity index (χ2n) is 0.935. The summed E-state index contributed by atoms with van der Waals surface area (Å²) in [5.41, 5.74) is 2.77. The van der Waals surface area contributed by atoms with E-state index in [4.69, 9.17) is 0 Å². The molecule has 0 radical (unpaired) electrons. The van der Waals surface area contributed by atoms with Crippen LogP contribution in [0, 0.1) is 0 Å². The highest BCUT2D eigenvalue weighted by atomic mass is 127. The average molecular weight is 194 g/mol. The smallest absolute Gasteiger partial charge is 0.0314 e. The van der Waals surface area contributed by atoms with Crippen LogP contribution in [0.4, 0.5) is 0 Å². The van der Waals surface area contributed by atoms with Crippen molar-refractivity contribution in [3.63, 3.8) is 0 Å². The molecular weight excluding hydrogens is 187 g/mol. The quantitative estimate of drug-likeness (QED) is 0.444. The first-order valence-electron chi connectivity index (χ1n) is 1.85. The highest BCUT2D eigenvalue weighted by Gasteiger charge is 1.74. The summed E-state index contributed by atoms with van der Waals surface area (Å²) in [7, 11) is 0. The zero-order valence-corrected chi connectivity index (χ0v) is 5.95. The fourth-order valence-corrected chi connectivity index (χ4v) is 0.125. The normalized spacial score (nSPS) is 7.00. The van der Waals surface area contributed by atoms with E-state index in [-0.39, 0.29) is 0 Å². The van der Waals surface area contributed by atoms with Crippen molar-refractivity contribution in [3.05, 3.63) is 15.9 Å². The highest BCUT2D eigenvalue weighted by molar-refractivity contribution is 14.1. The molecule has 34 valence electrons. The van der Waals surface area contributed by atoms with Gasteiger partial charge >= 0.3 is 0 Å². The van der Waals surface area contributed by atoms with Gasteiger partial charge in [-0.1, -0.05) is 13.5 Å². The Morgan fingerprint density at radius 2 is 2.50 bits per heavy atom. The van der Waals surface area contributed by atoms with Gasteiger partial charge in [0.15, 0.2) is 0 Å². The SMILES string of the molecule is C=C=C(I)CC. The Morgan fingerprint density at radius 3 is 2.50 bits per heavy atom. The second kappa shape index (κ2) is 3.44. The van der Waals surface area contributed by atoms with E-state index in [2.05, 4.69) is 41.8 Å². The molecule has 0 N–H and O–H groups in total. The molecule has 0 bridgehead atoms. The van der Waals surface area contributed by atoms with Crippen LogP contribution >= 0.6 is 22.6 Å². The van der Waals surface area contributed by atoms with E-state index in [1.165, 1.54) is 3.58 Å². The van der Waals surface area contributed by atoms with Gasteiger partial charge in [0, 0.05) is 3.58 Å². The molecular formula is C5H7I. The van der Waals surface area contributed by atoms with Gasteiger partial charge < -0.3 is 0 Å². The maximum atomic E-state index is 3.46. The third kappa shape index (κ3) is 2.49. The minimum Gasteiger partial charge on any atom is -0.119 e. The summed E-state index contributed by atoms with van der Waals surface area (Å²) >= 11 is 2.21. The van der Waals surface area contributed by atoms with Gasteiger partial charge in [-0.25, -0.2) is 0 Å². The first-order chi connectivity index (χ1) is 2.81. The third-order valence-electron chi connectivity index (χ3n) is 0.502. The van der Waals surface area contributed by atoms with Crippen molar-refractivity contribution in [2.75, 3.05) is 0 Å². The lowest BCUT2D eigenvalue weighted by atomic mass is 10.5. The Morgan fingerprint density at radius 1 is 2.00 bits per heavy atom. The zero-order valence-electron chi connectivity index (χ0n) is 3.79. The van der Waals surface area contributed by atoms with Gasteiger partial charge in [0.2, 0.25) is 0 Å². The van der Waals surface area contributed by atoms with Gasteiger partial charge in [-0.3, -0.25) is 0 Å². The van der Waals surface area contributed by atoms with Crippen molar-refractivity contribution in [1.82, 2.24) is 0 Å². The van der Waals surface area contributed by atoms with Gasteiger partial charge in [-0.05, 0) is 29.0 Å². The third-order valence-corrected chi connectivity index (χ3v) is 1.65. The average Bonchev–Trinajstić information content (AvgIpc) is 1.65. The molecule has 0 aliphatic carbocycles. The lowest BCUT2D eigenvalue weighted by molar-refractivity contribution is 1.22. The molecule has 0 aliphatic rings. The number of hydrogen-bond acceptors (Lipinski definition) is 0. The van der Waals surface area contributed by atoms with Crippen LogP contribution in [0.25, 0.3) is 0 Å². The lowest BCUT2D eigenvalue weighted by Crippen LogP contribution is -1.54. The summed E-state index contributed by atoms with van der Waals surface area (Å²) < 4.78 is 1.20. The van der Waals surface area contributed by atoms with E-state index in [0.717, 1.165) is 6.42 Å². The fourth-order valence-electron chi connectivity index (χ4n) is 0.125. The van der Waals surface area contributed by atoms with E-state index in [0.29, 0.717) is 0 Å². The summed E-state index contributed by atoms with van der Waals surface area (Å²) in [6, 6.07) is 0. The summed E-state index contributed by atoms with van der Waals surface area (Å²) in [6.45, 7) is 5.55. The van der Waals surface area contributed by atoms with E-state index in [1.807, 2.05) is 0 Å². The molecule has 1 heteroatoms. The summed E-state index contributed by atoms with van der Waals surface area (Å²) in [5.74, 6) is 0. The molecule has 0 saturated heterocycles. The van der Waals surface area contributed by atoms with Crippen LogP contribution < -0.4 is 0 Å². The molecule has 0 aromatic heterocycles. The van der Waals surface area contributed by atoms with Crippen molar-refractivity contribution in [3.8, 4) is 0 Å². The van der Waals surface area contributed by atoms with Crippen molar-refractivity contribution in [1.29, 1.82) is 0 Å². The zero-order chi connectivity index (χ0) is 4.99. The van der Waals surface area contributed by atoms with Gasteiger partial charge in [0.1, 0.15) is 0 Å². The van der Waals surface area contributed by atoms with Crippen molar-refractivity contribution >= 4 is 22.6 Å². The van der Waals surface area contributed by atoms with Crippen LogP contribution in [-0.4, -0.2) is 0 Å². The standard InChI is InChI=1S/C5H7I/c1-3-5(6)4-2/h1,4H2,2H3. The topological polar surface area (TPSA) is 0 Å². The summed E-state index contributed by atoms with van der Waals surface area (Å²) in [6.07, 6.45) is 1.06. The van der Waals surface area contributed by atoms with Crippen molar-refractivity contribution < 1.29 is 0 Å². The Kier molecular flexibility index (Phi) is 3.58. The Hall–Kier alpha value is 0.250. The number of halogens is 1. The molecule has 0 rings (SSSR count). The van der Waals surface area contributed by atoms with E-state index in [9.17, 15) is 0 Å². The number of rotatable bonds is 1. The molecule has 0 nitrogen and oxygen atoms in total. The second-order valence-corrected chi connectivity index (χ2v) is 2.24. The number of hydrogen-bond donors (Lipinski definition) is 0. The monoisotopic (exact) mass is 194 g/mol. The van der Waals surface area contributed by atoms with Gasteiger partial charge in [0.05, 0.1) is 0 Å². The summed E-state index contributed by atoms with van der Waals surface area (Å²) in [5, 5.41) is 0. The van der Waals surface area contributed by atoms with E-state index < -0.39 is 0 Å². The van der Waals surface area contributed by atoms with Crippen molar-refractivity contribution in [2.24, 2.45) is 0 Å². The Labute approximate surface area is 52.1 Å².